The lowest BCUT2D eigenvalue weighted by Gasteiger charge is -2.19. The van der Waals surface area contributed by atoms with Crippen molar-refractivity contribution in [1.82, 2.24) is 15.3 Å². The lowest BCUT2D eigenvalue weighted by Crippen LogP contribution is -2.26. The van der Waals surface area contributed by atoms with E-state index in [2.05, 4.69) is 40.5 Å². The van der Waals surface area contributed by atoms with E-state index in [1.807, 2.05) is 42.8 Å². The zero-order valence-corrected chi connectivity index (χ0v) is 27.1. The van der Waals surface area contributed by atoms with Gasteiger partial charge in [0.2, 0.25) is 0 Å². The van der Waals surface area contributed by atoms with Crippen LogP contribution in [0.5, 0.6) is 5.75 Å². The zero-order valence-electron chi connectivity index (χ0n) is 26.3. The number of pyridine rings is 1. The third kappa shape index (κ3) is 6.00. The van der Waals surface area contributed by atoms with Gasteiger partial charge >= 0.3 is 5.97 Å². The molecule has 0 unspecified atom stereocenters. The van der Waals surface area contributed by atoms with Crippen molar-refractivity contribution in [3.8, 4) is 27.3 Å². The molecule has 46 heavy (non-hydrogen) atoms. The molecule has 236 valence electrons. The van der Waals surface area contributed by atoms with Gasteiger partial charge in [-0.2, -0.15) is 0 Å². The fourth-order valence-corrected chi connectivity index (χ4v) is 6.82. The summed E-state index contributed by atoms with van der Waals surface area (Å²) in [6.45, 7) is 7.18. The second-order valence-corrected chi connectivity index (χ2v) is 12.6. The highest BCUT2D eigenvalue weighted by Crippen LogP contribution is 2.43. The molecule has 10 heteroatoms. The maximum atomic E-state index is 14.4. The second-order valence-electron chi connectivity index (χ2n) is 11.7. The first-order chi connectivity index (χ1) is 22.3. The first-order valence-electron chi connectivity index (χ1n) is 15.4. The number of aromatic nitrogens is 2. The van der Waals surface area contributed by atoms with Gasteiger partial charge in [-0.25, -0.2) is 9.78 Å². The number of rotatable bonds is 9. The van der Waals surface area contributed by atoms with Crippen LogP contribution in [0.3, 0.4) is 0 Å². The fourth-order valence-electron chi connectivity index (χ4n) is 5.84. The molecule has 4 heterocycles. The Bertz CT molecular complexity index is 1960. The molecule has 3 aromatic heterocycles. The van der Waals surface area contributed by atoms with Crippen LogP contribution < -0.4 is 15.4 Å². The van der Waals surface area contributed by atoms with Crippen LogP contribution in [0.4, 0.5) is 5.69 Å². The van der Waals surface area contributed by atoms with Crippen LogP contribution in [0.1, 0.15) is 69.7 Å². The highest BCUT2D eigenvalue weighted by molar-refractivity contribution is 7.13. The number of esters is 1. The van der Waals surface area contributed by atoms with E-state index < -0.39 is 11.9 Å². The molecular weight excluding hydrogens is 600 g/mol. The molecule has 1 aliphatic rings. The number of benzene rings is 2. The van der Waals surface area contributed by atoms with Gasteiger partial charge in [0, 0.05) is 62.9 Å². The summed E-state index contributed by atoms with van der Waals surface area (Å²) in [6, 6.07) is 14.8. The Hall–Kier alpha value is -4.96. The molecule has 0 saturated heterocycles. The first-order valence-corrected chi connectivity index (χ1v) is 16.3. The number of aromatic amines is 1. The number of carbonyl (C=O) groups is 3. The van der Waals surface area contributed by atoms with E-state index in [9.17, 15) is 14.4 Å². The van der Waals surface area contributed by atoms with E-state index in [0.717, 1.165) is 51.7 Å². The molecule has 0 spiro atoms. The first kappa shape index (κ1) is 31.0. The second kappa shape index (κ2) is 13.2. The van der Waals surface area contributed by atoms with E-state index in [0.29, 0.717) is 47.2 Å². The molecular formula is C36H36N4O5S. The number of nitrogens with zero attached hydrogens (tertiary/aromatic N) is 1. The maximum Gasteiger partial charge on any atom is 0.357 e. The van der Waals surface area contributed by atoms with Gasteiger partial charge in [-0.3, -0.25) is 9.59 Å². The van der Waals surface area contributed by atoms with Crippen molar-refractivity contribution in [2.45, 2.75) is 40.0 Å². The zero-order chi connectivity index (χ0) is 32.4. The number of methoxy groups -OCH3 is 1. The number of amides is 2. The molecule has 3 N–H and O–H groups in total. The van der Waals surface area contributed by atoms with Crippen molar-refractivity contribution in [3.63, 3.8) is 0 Å². The van der Waals surface area contributed by atoms with E-state index >= 15 is 0 Å². The molecule has 0 atom stereocenters. The molecule has 0 aliphatic carbocycles. The molecule has 2 amide bonds. The number of carbonyl (C=O) groups excluding carboxylic acids is 3. The minimum absolute atomic E-state index is 0.0691. The van der Waals surface area contributed by atoms with Crippen molar-refractivity contribution in [2.75, 3.05) is 25.6 Å². The van der Waals surface area contributed by atoms with Gasteiger partial charge in [0.1, 0.15) is 11.4 Å². The van der Waals surface area contributed by atoms with E-state index in [4.69, 9.17) is 9.47 Å². The van der Waals surface area contributed by atoms with Crippen LogP contribution in [0.15, 0.2) is 60.1 Å². The SMILES string of the molecule is CCCNC(=O)c1ccc(-c2cc3c(cc2C(=O)Nc2ccc4[nH]ccc4c2CC(C)C)-c2sccc2CCO3)c(C(=O)OC)n1. The predicted molar refractivity (Wildman–Crippen MR) is 181 cm³/mol. The topological polar surface area (TPSA) is 122 Å². The molecule has 2 aromatic carbocycles. The van der Waals surface area contributed by atoms with Crippen molar-refractivity contribution in [2.24, 2.45) is 5.92 Å². The minimum Gasteiger partial charge on any atom is -0.493 e. The largest absolute Gasteiger partial charge is 0.493 e. The number of fused-ring (bicyclic) bond motifs is 4. The predicted octanol–water partition coefficient (Wildman–Crippen LogP) is 7.27. The van der Waals surface area contributed by atoms with Crippen LogP contribution in [0.25, 0.3) is 32.5 Å². The Labute approximate surface area is 271 Å². The molecule has 0 fully saturated rings. The number of hydrogen-bond acceptors (Lipinski definition) is 7. The van der Waals surface area contributed by atoms with Gasteiger partial charge in [-0.1, -0.05) is 20.8 Å². The summed E-state index contributed by atoms with van der Waals surface area (Å²) < 4.78 is 11.3. The monoisotopic (exact) mass is 636 g/mol. The Balaban J connectivity index is 1.52. The standard InChI is InChI=1S/C36H36N4O5S/c1-5-13-38-35(42)30-7-6-23(32(39-30)36(43)44-4)24-19-31-27(33-21(11-15-45-31)12-16-46-33)18-26(24)34(41)40-29-9-8-28-22(10-14-37-28)25(29)17-20(2)3/h6-10,12,14,16,18-20,37H,5,11,13,15,17H2,1-4H3,(H,38,42)(H,40,41). The Morgan fingerprint density at radius 2 is 1.89 bits per heavy atom. The summed E-state index contributed by atoms with van der Waals surface area (Å²) in [5.41, 5.74) is 5.86. The molecule has 0 radical (unpaired) electrons. The highest BCUT2D eigenvalue weighted by Gasteiger charge is 2.27. The Morgan fingerprint density at radius 3 is 2.67 bits per heavy atom. The third-order valence-electron chi connectivity index (χ3n) is 8.02. The molecule has 0 bridgehead atoms. The van der Waals surface area contributed by atoms with Crippen LogP contribution in [0, 0.1) is 5.92 Å². The van der Waals surface area contributed by atoms with Gasteiger partial charge in [-0.15, -0.1) is 11.3 Å². The Morgan fingerprint density at radius 1 is 1.04 bits per heavy atom. The van der Waals surface area contributed by atoms with Gasteiger partial charge in [0.15, 0.2) is 5.69 Å². The number of thiophene rings is 1. The molecule has 9 nitrogen and oxygen atoms in total. The fraction of sp³-hybridized carbons (Fsp3) is 0.278. The summed E-state index contributed by atoms with van der Waals surface area (Å²) in [4.78, 5) is 49.1. The summed E-state index contributed by atoms with van der Waals surface area (Å²) in [5, 5.41) is 9.08. The molecule has 1 aliphatic heterocycles. The maximum absolute atomic E-state index is 14.4. The van der Waals surface area contributed by atoms with E-state index in [1.54, 1.807) is 29.5 Å². The van der Waals surface area contributed by atoms with Crippen molar-refractivity contribution < 1.29 is 23.9 Å². The van der Waals surface area contributed by atoms with Gasteiger partial charge in [0.25, 0.3) is 11.8 Å². The quantitative estimate of drug-likeness (QED) is 0.146. The van der Waals surface area contributed by atoms with Crippen molar-refractivity contribution in [1.29, 1.82) is 0 Å². The summed E-state index contributed by atoms with van der Waals surface area (Å²) >= 11 is 1.60. The van der Waals surface area contributed by atoms with E-state index in [1.165, 1.54) is 7.11 Å². The summed E-state index contributed by atoms with van der Waals surface area (Å²) in [5.74, 6) is -0.511. The average molecular weight is 637 g/mol. The number of ether oxygens (including phenoxy) is 2. The van der Waals surface area contributed by atoms with Crippen molar-refractivity contribution in [3.05, 3.63) is 88.2 Å². The van der Waals surface area contributed by atoms with Gasteiger partial charge in [0.05, 0.1) is 13.7 Å². The Kier molecular flexibility index (Phi) is 8.90. The number of nitrogens with one attached hydrogen (secondary N) is 3. The smallest absolute Gasteiger partial charge is 0.357 e. The lowest BCUT2D eigenvalue weighted by atomic mass is 9.93. The lowest BCUT2D eigenvalue weighted by molar-refractivity contribution is 0.0594. The van der Waals surface area contributed by atoms with Crippen molar-refractivity contribution >= 4 is 45.7 Å². The number of H-pyrrole nitrogens is 1. The normalized spacial score (nSPS) is 12.2. The molecule has 5 aromatic rings. The van der Waals surface area contributed by atoms with Gasteiger partial charge < -0.3 is 25.1 Å². The summed E-state index contributed by atoms with van der Waals surface area (Å²) in [7, 11) is 1.26. The van der Waals surface area contributed by atoms with E-state index in [-0.39, 0.29) is 17.3 Å². The molecule has 6 rings (SSSR count). The van der Waals surface area contributed by atoms with Crippen LogP contribution in [-0.4, -0.2) is 48.0 Å². The van der Waals surface area contributed by atoms with Crippen LogP contribution >= 0.6 is 11.3 Å². The number of hydrogen-bond donors (Lipinski definition) is 3. The van der Waals surface area contributed by atoms with Crippen LogP contribution in [0.2, 0.25) is 0 Å². The van der Waals surface area contributed by atoms with Crippen LogP contribution in [-0.2, 0) is 17.6 Å². The minimum atomic E-state index is -0.722. The third-order valence-corrected chi connectivity index (χ3v) is 9.01. The summed E-state index contributed by atoms with van der Waals surface area (Å²) in [6.07, 6.45) is 4.16. The molecule has 0 saturated carbocycles. The average Bonchev–Trinajstić information content (AvgIpc) is 3.70. The number of anilines is 1. The highest BCUT2D eigenvalue weighted by atomic mass is 32.1. The van der Waals surface area contributed by atoms with Gasteiger partial charge in [-0.05, 0) is 83.8 Å².